The topological polar surface area (TPSA) is 75.3 Å². The van der Waals surface area contributed by atoms with Crippen molar-refractivity contribution < 1.29 is 9.90 Å². The van der Waals surface area contributed by atoms with Gasteiger partial charge in [0.05, 0.1) is 16.3 Å². The van der Waals surface area contributed by atoms with Gasteiger partial charge in [0.15, 0.2) is 0 Å². The largest absolute Gasteiger partial charge is 0.478 e. The Balaban J connectivity index is 2.22. The Morgan fingerprint density at radius 1 is 1.53 bits per heavy atom. The monoisotopic (exact) mass is 282 g/mol. The van der Waals surface area contributed by atoms with Crippen LogP contribution in [0.1, 0.15) is 43.0 Å². The number of carbonyl (C=O) groups is 1. The van der Waals surface area contributed by atoms with E-state index in [-0.39, 0.29) is 5.56 Å². The second kappa shape index (κ2) is 5.29. The van der Waals surface area contributed by atoms with Gasteiger partial charge in [0.25, 0.3) is 0 Å². The Bertz CT molecular complexity index is 493. The summed E-state index contributed by atoms with van der Waals surface area (Å²) in [5, 5.41) is 12.8. The lowest BCUT2D eigenvalue weighted by atomic mass is 9.67. The summed E-state index contributed by atoms with van der Waals surface area (Å²) >= 11 is 6.11. The number of nitrogens with two attached hydrogens (primary N) is 1. The molecular formula is C14H19ClN2O2. The lowest BCUT2D eigenvalue weighted by molar-refractivity contribution is 0.0697. The second-order valence-corrected chi connectivity index (χ2v) is 5.70. The van der Waals surface area contributed by atoms with E-state index in [1.165, 1.54) is 25.3 Å². The van der Waals surface area contributed by atoms with E-state index in [9.17, 15) is 9.90 Å². The van der Waals surface area contributed by atoms with Crippen molar-refractivity contribution >= 4 is 28.9 Å². The van der Waals surface area contributed by atoms with E-state index in [1.807, 2.05) is 0 Å². The van der Waals surface area contributed by atoms with Gasteiger partial charge in [-0.3, -0.25) is 0 Å². The van der Waals surface area contributed by atoms with Crippen molar-refractivity contribution in [2.24, 2.45) is 5.41 Å². The van der Waals surface area contributed by atoms with Gasteiger partial charge >= 0.3 is 5.97 Å². The van der Waals surface area contributed by atoms with Crippen LogP contribution in [0.5, 0.6) is 0 Å². The van der Waals surface area contributed by atoms with Gasteiger partial charge in [-0.05, 0) is 36.8 Å². The molecular weight excluding hydrogens is 264 g/mol. The number of carboxylic acid groups (broad SMARTS) is 1. The number of rotatable bonds is 5. The molecule has 19 heavy (non-hydrogen) atoms. The van der Waals surface area contributed by atoms with E-state index in [2.05, 4.69) is 12.2 Å². The number of hydrogen-bond acceptors (Lipinski definition) is 3. The summed E-state index contributed by atoms with van der Waals surface area (Å²) < 4.78 is 0. The van der Waals surface area contributed by atoms with Gasteiger partial charge in [-0.15, -0.1) is 0 Å². The molecule has 0 bridgehead atoms. The second-order valence-electron chi connectivity index (χ2n) is 5.29. The van der Waals surface area contributed by atoms with Crippen molar-refractivity contribution in [2.75, 3.05) is 17.6 Å². The zero-order chi connectivity index (χ0) is 14.0. The third-order valence-electron chi connectivity index (χ3n) is 4.15. The molecule has 0 heterocycles. The minimum Gasteiger partial charge on any atom is -0.478 e. The molecule has 1 aliphatic carbocycles. The molecule has 4 nitrogen and oxygen atoms in total. The quantitative estimate of drug-likeness (QED) is 0.721. The van der Waals surface area contributed by atoms with Crippen LogP contribution in [0, 0.1) is 5.41 Å². The van der Waals surface area contributed by atoms with Gasteiger partial charge < -0.3 is 16.2 Å². The molecule has 0 unspecified atom stereocenters. The SMILES string of the molecule is CCC1(CNc2c(Cl)cc(N)cc2C(=O)O)CCC1. The molecule has 0 atom stereocenters. The number of carboxylic acids is 1. The predicted molar refractivity (Wildman–Crippen MR) is 77.9 cm³/mol. The molecule has 2 rings (SSSR count). The van der Waals surface area contributed by atoms with Gasteiger partial charge in [-0.2, -0.15) is 0 Å². The average molecular weight is 283 g/mol. The molecule has 0 saturated heterocycles. The van der Waals surface area contributed by atoms with Crippen molar-refractivity contribution in [1.29, 1.82) is 0 Å². The third kappa shape index (κ3) is 2.78. The zero-order valence-electron chi connectivity index (χ0n) is 11.0. The highest BCUT2D eigenvalue weighted by Gasteiger charge is 2.35. The fourth-order valence-electron chi connectivity index (χ4n) is 2.58. The van der Waals surface area contributed by atoms with E-state index < -0.39 is 5.97 Å². The maximum absolute atomic E-state index is 11.2. The lowest BCUT2D eigenvalue weighted by Gasteiger charge is -2.41. The third-order valence-corrected chi connectivity index (χ3v) is 4.45. The molecule has 1 aromatic rings. The van der Waals surface area contributed by atoms with Crippen LogP contribution in [0.2, 0.25) is 5.02 Å². The van der Waals surface area contributed by atoms with Crippen molar-refractivity contribution in [3.05, 3.63) is 22.7 Å². The summed E-state index contributed by atoms with van der Waals surface area (Å²) in [5.74, 6) is -1.02. The number of hydrogen-bond donors (Lipinski definition) is 3. The highest BCUT2D eigenvalue weighted by Crippen LogP contribution is 2.44. The van der Waals surface area contributed by atoms with Crippen molar-refractivity contribution in [3.8, 4) is 0 Å². The molecule has 5 heteroatoms. The standard InChI is InChI=1S/C14H19ClN2O2/c1-2-14(4-3-5-14)8-17-12-10(13(18)19)6-9(16)7-11(12)15/h6-7,17H,2-5,8,16H2,1H3,(H,18,19). The van der Waals surface area contributed by atoms with Crippen molar-refractivity contribution in [3.63, 3.8) is 0 Å². The molecule has 4 N–H and O–H groups in total. The van der Waals surface area contributed by atoms with Crippen LogP contribution in [0.4, 0.5) is 11.4 Å². The Hall–Kier alpha value is -1.42. The molecule has 1 aromatic carbocycles. The molecule has 1 fully saturated rings. The van der Waals surface area contributed by atoms with Crippen LogP contribution in [0.15, 0.2) is 12.1 Å². The summed E-state index contributed by atoms with van der Waals surface area (Å²) in [6.45, 7) is 2.93. The Morgan fingerprint density at radius 2 is 2.21 bits per heavy atom. The summed E-state index contributed by atoms with van der Waals surface area (Å²) in [5.41, 5.74) is 6.90. The fourth-order valence-corrected chi connectivity index (χ4v) is 2.88. The van der Waals surface area contributed by atoms with E-state index >= 15 is 0 Å². The number of anilines is 2. The van der Waals surface area contributed by atoms with Crippen LogP contribution in [-0.2, 0) is 0 Å². The predicted octanol–water partition coefficient (Wildman–Crippen LogP) is 3.61. The van der Waals surface area contributed by atoms with Gasteiger partial charge in [0.1, 0.15) is 0 Å². The smallest absolute Gasteiger partial charge is 0.337 e. The van der Waals surface area contributed by atoms with E-state index in [0.717, 1.165) is 13.0 Å². The molecule has 0 spiro atoms. The first-order valence-electron chi connectivity index (χ1n) is 6.53. The first-order chi connectivity index (χ1) is 8.97. The maximum Gasteiger partial charge on any atom is 0.337 e. The van der Waals surface area contributed by atoms with Crippen LogP contribution < -0.4 is 11.1 Å². The Labute approximate surface area is 117 Å². The molecule has 0 aliphatic heterocycles. The lowest BCUT2D eigenvalue weighted by Crippen LogP contribution is -2.36. The minimum absolute atomic E-state index is 0.135. The molecule has 1 aliphatic rings. The van der Waals surface area contributed by atoms with Crippen LogP contribution in [0.3, 0.4) is 0 Å². The Kier molecular flexibility index (Phi) is 3.90. The van der Waals surface area contributed by atoms with Crippen LogP contribution in [-0.4, -0.2) is 17.6 Å². The molecule has 0 aromatic heterocycles. The Morgan fingerprint density at radius 3 is 2.68 bits per heavy atom. The van der Waals surface area contributed by atoms with Gasteiger partial charge in [-0.25, -0.2) is 4.79 Å². The van der Waals surface area contributed by atoms with E-state index in [4.69, 9.17) is 17.3 Å². The van der Waals surface area contributed by atoms with Crippen LogP contribution >= 0.6 is 11.6 Å². The van der Waals surface area contributed by atoms with Crippen molar-refractivity contribution in [2.45, 2.75) is 32.6 Å². The fraction of sp³-hybridized carbons (Fsp3) is 0.500. The zero-order valence-corrected chi connectivity index (χ0v) is 11.8. The summed E-state index contributed by atoms with van der Waals surface area (Å²) in [4.78, 5) is 11.2. The summed E-state index contributed by atoms with van der Waals surface area (Å²) in [7, 11) is 0. The first kappa shape index (κ1) is 14.0. The number of benzene rings is 1. The molecule has 104 valence electrons. The average Bonchev–Trinajstić information content (AvgIpc) is 2.29. The summed E-state index contributed by atoms with van der Waals surface area (Å²) in [6.07, 6.45) is 4.71. The number of aromatic carboxylic acids is 1. The number of nitrogens with one attached hydrogen (secondary N) is 1. The molecule has 1 saturated carbocycles. The van der Waals surface area contributed by atoms with E-state index in [1.54, 1.807) is 6.07 Å². The van der Waals surface area contributed by atoms with Gasteiger partial charge in [-0.1, -0.05) is 24.9 Å². The maximum atomic E-state index is 11.2. The van der Waals surface area contributed by atoms with Crippen LogP contribution in [0.25, 0.3) is 0 Å². The number of halogens is 1. The highest BCUT2D eigenvalue weighted by atomic mass is 35.5. The van der Waals surface area contributed by atoms with E-state index in [0.29, 0.717) is 21.8 Å². The normalized spacial score (nSPS) is 16.7. The first-order valence-corrected chi connectivity index (χ1v) is 6.91. The molecule has 0 amide bonds. The minimum atomic E-state index is -1.02. The van der Waals surface area contributed by atoms with Gasteiger partial charge in [0, 0.05) is 12.2 Å². The van der Waals surface area contributed by atoms with Gasteiger partial charge in [0.2, 0.25) is 0 Å². The molecule has 0 radical (unpaired) electrons. The van der Waals surface area contributed by atoms with Crippen molar-refractivity contribution in [1.82, 2.24) is 0 Å². The highest BCUT2D eigenvalue weighted by molar-refractivity contribution is 6.34. The summed E-state index contributed by atoms with van der Waals surface area (Å²) in [6, 6.07) is 3.02. The number of nitrogen functional groups attached to an aromatic ring is 1.